The normalized spacial score (nSPS) is 23.2. The highest BCUT2D eigenvalue weighted by molar-refractivity contribution is 5.28. The monoisotopic (exact) mass is 135 g/mol. The van der Waals surface area contributed by atoms with Gasteiger partial charge in [0.2, 0.25) is 0 Å². The van der Waals surface area contributed by atoms with Crippen LogP contribution >= 0.6 is 0 Å². The molecule has 0 fully saturated rings. The minimum Gasteiger partial charge on any atom is -0.384 e. The summed E-state index contributed by atoms with van der Waals surface area (Å²) in [4.78, 5) is 0. The molecule has 2 nitrogen and oxygen atoms in total. The second-order valence-electron chi connectivity index (χ2n) is 2.63. The van der Waals surface area contributed by atoms with Gasteiger partial charge in [-0.1, -0.05) is 6.08 Å². The molecule has 0 bridgehead atoms. The van der Waals surface area contributed by atoms with Crippen LogP contribution < -0.4 is 10.6 Å². The van der Waals surface area contributed by atoms with Crippen LogP contribution in [0.3, 0.4) is 0 Å². The molecule has 0 spiro atoms. The van der Waals surface area contributed by atoms with Crippen molar-refractivity contribution in [2.24, 2.45) is 0 Å². The van der Waals surface area contributed by atoms with Crippen molar-refractivity contribution in [1.29, 1.82) is 0 Å². The fourth-order valence-electron chi connectivity index (χ4n) is 1.37. The van der Waals surface area contributed by atoms with E-state index >= 15 is 0 Å². The highest BCUT2D eigenvalue weighted by atomic mass is 15.0. The molecule has 2 heteroatoms. The first-order valence-electron chi connectivity index (χ1n) is 3.78. The Bertz CT molecular complexity index is 191. The molecule has 1 radical (unpaired) electrons. The maximum absolute atomic E-state index is 4.38. The molecule has 0 atom stereocenters. The Morgan fingerprint density at radius 2 is 2.50 bits per heavy atom. The van der Waals surface area contributed by atoms with Gasteiger partial charge in [-0.2, -0.15) is 0 Å². The van der Waals surface area contributed by atoms with Crippen LogP contribution in [0, 0.1) is 0 Å². The predicted octanol–water partition coefficient (Wildman–Crippen LogP) is 0.756. The average Bonchev–Trinajstić information content (AvgIpc) is 2.05. The van der Waals surface area contributed by atoms with Crippen molar-refractivity contribution in [3.63, 3.8) is 0 Å². The first-order chi connectivity index (χ1) is 4.97. The van der Waals surface area contributed by atoms with Crippen LogP contribution in [0.5, 0.6) is 0 Å². The highest BCUT2D eigenvalue weighted by Gasteiger charge is 2.12. The Morgan fingerprint density at radius 3 is 3.40 bits per heavy atom. The van der Waals surface area contributed by atoms with Gasteiger partial charge in [0.15, 0.2) is 0 Å². The Morgan fingerprint density at radius 1 is 1.50 bits per heavy atom. The van der Waals surface area contributed by atoms with Gasteiger partial charge in [-0.15, -0.1) is 0 Å². The Labute approximate surface area is 61.0 Å². The average molecular weight is 135 g/mol. The number of nitrogens with zero attached hydrogens (tertiary/aromatic N) is 1. The quantitative estimate of drug-likeness (QED) is 0.521. The van der Waals surface area contributed by atoms with E-state index < -0.39 is 0 Å². The fraction of sp³-hybridized carbons (Fsp3) is 0.500. The van der Waals surface area contributed by atoms with Crippen LogP contribution in [0.25, 0.3) is 0 Å². The van der Waals surface area contributed by atoms with Gasteiger partial charge in [-0.3, -0.25) is 5.32 Å². The van der Waals surface area contributed by atoms with Gasteiger partial charge in [-0.25, -0.2) is 0 Å². The van der Waals surface area contributed by atoms with E-state index in [1.807, 2.05) is 0 Å². The summed E-state index contributed by atoms with van der Waals surface area (Å²) in [5.74, 6) is 0. The van der Waals surface area contributed by atoms with E-state index in [0.717, 1.165) is 19.5 Å². The smallest absolute Gasteiger partial charge is 0.0583 e. The summed E-state index contributed by atoms with van der Waals surface area (Å²) < 4.78 is 0. The second-order valence-corrected chi connectivity index (χ2v) is 2.63. The SMILES string of the molecule is C1=CC2=C(CCCN2)[N]C1. The molecule has 0 unspecified atom stereocenters. The largest absolute Gasteiger partial charge is 0.384 e. The lowest BCUT2D eigenvalue weighted by molar-refractivity contribution is 0.619. The maximum Gasteiger partial charge on any atom is 0.0583 e. The molecular weight excluding hydrogens is 124 g/mol. The van der Waals surface area contributed by atoms with Crippen molar-refractivity contribution in [3.8, 4) is 0 Å². The molecule has 0 saturated carbocycles. The van der Waals surface area contributed by atoms with Gasteiger partial charge in [0.1, 0.15) is 0 Å². The van der Waals surface area contributed by atoms with E-state index in [0.29, 0.717) is 0 Å². The Kier molecular flexibility index (Phi) is 1.38. The maximum atomic E-state index is 4.38. The number of rotatable bonds is 0. The van der Waals surface area contributed by atoms with Gasteiger partial charge in [0.25, 0.3) is 0 Å². The summed E-state index contributed by atoms with van der Waals surface area (Å²) in [6.07, 6.45) is 6.63. The molecule has 1 N–H and O–H groups in total. The lowest BCUT2D eigenvalue weighted by atomic mass is 10.1. The molecule has 2 rings (SSSR count). The molecule has 0 saturated heterocycles. The molecular formula is C8H11N2. The minimum atomic E-state index is 0.876. The summed E-state index contributed by atoms with van der Waals surface area (Å²) in [6.45, 7) is 1.99. The summed E-state index contributed by atoms with van der Waals surface area (Å²) in [7, 11) is 0. The topological polar surface area (TPSA) is 26.1 Å². The Balaban J connectivity index is 2.23. The van der Waals surface area contributed by atoms with Crippen LogP contribution in [0.1, 0.15) is 12.8 Å². The van der Waals surface area contributed by atoms with Crippen molar-refractivity contribution in [2.75, 3.05) is 13.1 Å². The van der Waals surface area contributed by atoms with Gasteiger partial charge in [-0.05, 0) is 18.9 Å². The van der Waals surface area contributed by atoms with Crippen LogP contribution in [0.15, 0.2) is 23.5 Å². The number of hydrogen-bond acceptors (Lipinski definition) is 1. The molecule has 0 aromatic carbocycles. The van der Waals surface area contributed by atoms with E-state index in [9.17, 15) is 0 Å². The van der Waals surface area contributed by atoms with Crippen molar-refractivity contribution >= 4 is 0 Å². The number of allylic oxidation sites excluding steroid dienone is 2. The molecule has 0 aliphatic carbocycles. The molecule has 2 heterocycles. The van der Waals surface area contributed by atoms with E-state index in [-0.39, 0.29) is 0 Å². The van der Waals surface area contributed by atoms with Crippen LogP contribution in [-0.4, -0.2) is 13.1 Å². The predicted molar refractivity (Wildman–Crippen MR) is 40.4 cm³/mol. The van der Waals surface area contributed by atoms with Crippen molar-refractivity contribution in [2.45, 2.75) is 12.8 Å². The molecule has 53 valence electrons. The third-order valence-electron chi connectivity index (χ3n) is 1.89. The number of nitrogens with one attached hydrogen (secondary N) is 1. The third-order valence-corrected chi connectivity index (χ3v) is 1.89. The lowest BCUT2D eigenvalue weighted by Crippen LogP contribution is -2.26. The molecule has 2 aliphatic heterocycles. The standard InChI is InChI=1S/C8H11N2/c1-3-7-8(9-5-1)4-2-6-10-7/h1,3,10H,2,4-6H2. The van der Waals surface area contributed by atoms with Crippen LogP contribution in [-0.2, 0) is 0 Å². The summed E-state index contributed by atoms with van der Waals surface area (Å²) in [6, 6.07) is 0. The number of hydrogen-bond donors (Lipinski definition) is 1. The van der Waals surface area contributed by atoms with E-state index in [4.69, 9.17) is 0 Å². The molecule has 0 aromatic heterocycles. The fourth-order valence-corrected chi connectivity index (χ4v) is 1.37. The van der Waals surface area contributed by atoms with Gasteiger partial charge in [0.05, 0.1) is 17.9 Å². The van der Waals surface area contributed by atoms with E-state index in [2.05, 4.69) is 22.8 Å². The molecule has 0 amide bonds. The zero-order chi connectivity index (χ0) is 6.81. The van der Waals surface area contributed by atoms with Gasteiger partial charge < -0.3 is 5.32 Å². The second kappa shape index (κ2) is 2.37. The first-order valence-corrected chi connectivity index (χ1v) is 3.78. The Hall–Kier alpha value is -0.920. The molecule has 2 aliphatic rings. The molecule has 0 aromatic rings. The summed E-state index contributed by atoms with van der Waals surface area (Å²) >= 11 is 0. The van der Waals surface area contributed by atoms with Gasteiger partial charge >= 0.3 is 0 Å². The van der Waals surface area contributed by atoms with Crippen molar-refractivity contribution in [1.82, 2.24) is 10.6 Å². The van der Waals surface area contributed by atoms with Crippen LogP contribution in [0.4, 0.5) is 0 Å². The van der Waals surface area contributed by atoms with Crippen LogP contribution in [0.2, 0.25) is 0 Å². The zero-order valence-corrected chi connectivity index (χ0v) is 5.93. The first kappa shape index (κ1) is 5.83. The third kappa shape index (κ3) is 0.897. The molecule has 10 heavy (non-hydrogen) atoms. The van der Waals surface area contributed by atoms with Crippen molar-refractivity contribution < 1.29 is 0 Å². The lowest BCUT2D eigenvalue weighted by Gasteiger charge is -2.21. The highest BCUT2D eigenvalue weighted by Crippen LogP contribution is 2.15. The minimum absolute atomic E-state index is 0.876. The van der Waals surface area contributed by atoms with E-state index in [1.165, 1.54) is 17.8 Å². The zero-order valence-electron chi connectivity index (χ0n) is 5.93. The summed E-state index contributed by atoms with van der Waals surface area (Å²) in [5.41, 5.74) is 2.52. The van der Waals surface area contributed by atoms with Gasteiger partial charge in [0, 0.05) is 6.54 Å². The van der Waals surface area contributed by atoms with E-state index in [1.54, 1.807) is 0 Å². The van der Waals surface area contributed by atoms with Crippen molar-refractivity contribution in [3.05, 3.63) is 23.5 Å². The summed E-state index contributed by atoms with van der Waals surface area (Å²) in [5, 5.41) is 7.70.